The highest BCUT2D eigenvalue weighted by Crippen LogP contribution is 2.19. The van der Waals surface area contributed by atoms with Crippen LogP contribution in [-0.2, 0) is 7.05 Å². The minimum absolute atomic E-state index is 0.0445. The number of rotatable bonds is 3. The first-order chi connectivity index (χ1) is 5.97. The van der Waals surface area contributed by atoms with Gasteiger partial charge in [-0.25, -0.2) is 0 Å². The van der Waals surface area contributed by atoms with Crippen molar-refractivity contribution in [1.29, 1.82) is 0 Å². The van der Waals surface area contributed by atoms with Gasteiger partial charge in [0.15, 0.2) is 5.78 Å². The van der Waals surface area contributed by atoms with Gasteiger partial charge in [-0.05, 0) is 0 Å². The summed E-state index contributed by atoms with van der Waals surface area (Å²) in [6.45, 7) is 4.02. The number of carbonyl (C=O) groups excluding carboxylic acids is 1. The summed E-state index contributed by atoms with van der Waals surface area (Å²) in [6, 6.07) is 0. The number of nitrogens with two attached hydrogens (primary N) is 1. The van der Waals surface area contributed by atoms with Crippen LogP contribution in [0.2, 0.25) is 0 Å². The Balaban J connectivity index is 2.91. The average molecular weight is 181 g/mol. The first kappa shape index (κ1) is 9.92. The predicted molar refractivity (Wildman–Crippen MR) is 50.4 cm³/mol. The molecule has 4 heteroatoms. The molecule has 0 aromatic carbocycles. The molecule has 0 amide bonds. The van der Waals surface area contributed by atoms with Crippen LogP contribution < -0.4 is 5.73 Å². The molecule has 0 saturated carbocycles. The van der Waals surface area contributed by atoms with Gasteiger partial charge >= 0.3 is 0 Å². The van der Waals surface area contributed by atoms with Crippen molar-refractivity contribution in [3.8, 4) is 0 Å². The van der Waals surface area contributed by atoms with Crippen molar-refractivity contribution >= 4 is 5.78 Å². The number of nitrogens with zero attached hydrogens (tertiary/aromatic N) is 2. The highest BCUT2D eigenvalue weighted by atomic mass is 16.1. The lowest BCUT2D eigenvalue weighted by Gasteiger charge is -2.19. The van der Waals surface area contributed by atoms with Crippen molar-refractivity contribution in [2.75, 3.05) is 6.54 Å². The Kier molecular flexibility index (Phi) is 2.52. The molecule has 1 rings (SSSR count). The van der Waals surface area contributed by atoms with Crippen molar-refractivity contribution in [2.45, 2.75) is 13.8 Å². The van der Waals surface area contributed by atoms with Crippen LogP contribution in [0.25, 0.3) is 0 Å². The monoisotopic (exact) mass is 181 g/mol. The Hall–Kier alpha value is -1.16. The molecule has 0 saturated heterocycles. The molecule has 4 nitrogen and oxygen atoms in total. The SMILES string of the molecule is Cn1cc(C(=O)C(C)(C)CN)cn1. The third-order valence-corrected chi connectivity index (χ3v) is 2.09. The molecule has 0 spiro atoms. The third-order valence-electron chi connectivity index (χ3n) is 2.09. The fraction of sp³-hybridized carbons (Fsp3) is 0.556. The van der Waals surface area contributed by atoms with Crippen molar-refractivity contribution in [3.05, 3.63) is 18.0 Å². The van der Waals surface area contributed by atoms with Gasteiger partial charge in [0.2, 0.25) is 0 Å². The summed E-state index contributed by atoms with van der Waals surface area (Å²) in [5.41, 5.74) is 5.63. The van der Waals surface area contributed by atoms with Crippen molar-refractivity contribution in [2.24, 2.45) is 18.2 Å². The van der Waals surface area contributed by atoms with E-state index in [4.69, 9.17) is 5.73 Å². The molecular formula is C9H15N3O. The molecule has 1 heterocycles. The molecule has 1 aromatic heterocycles. The highest BCUT2D eigenvalue weighted by molar-refractivity contribution is 5.99. The maximum absolute atomic E-state index is 11.8. The second kappa shape index (κ2) is 3.30. The first-order valence-corrected chi connectivity index (χ1v) is 4.21. The van der Waals surface area contributed by atoms with Crippen LogP contribution in [0.3, 0.4) is 0 Å². The van der Waals surface area contributed by atoms with Crippen LogP contribution in [0.1, 0.15) is 24.2 Å². The van der Waals surface area contributed by atoms with E-state index in [0.29, 0.717) is 12.1 Å². The van der Waals surface area contributed by atoms with E-state index in [-0.39, 0.29) is 5.78 Å². The van der Waals surface area contributed by atoms with Crippen LogP contribution in [0, 0.1) is 5.41 Å². The second-order valence-corrected chi connectivity index (χ2v) is 3.82. The number of Topliss-reactive ketones (excluding diaryl/α,β-unsaturated/α-hetero) is 1. The van der Waals surface area contributed by atoms with Gasteiger partial charge in [-0.15, -0.1) is 0 Å². The number of aromatic nitrogens is 2. The summed E-state index contributed by atoms with van der Waals surface area (Å²) in [6.07, 6.45) is 3.28. The number of hydrogen-bond donors (Lipinski definition) is 1. The molecule has 0 atom stereocenters. The zero-order valence-electron chi connectivity index (χ0n) is 8.24. The second-order valence-electron chi connectivity index (χ2n) is 3.82. The van der Waals surface area contributed by atoms with E-state index in [2.05, 4.69) is 5.10 Å². The molecule has 0 bridgehead atoms. The summed E-state index contributed by atoms with van der Waals surface area (Å²) in [5.74, 6) is 0.0445. The quantitative estimate of drug-likeness (QED) is 0.694. The fourth-order valence-electron chi connectivity index (χ4n) is 1.02. The average Bonchev–Trinajstić information content (AvgIpc) is 2.50. The fourth-order valence-corrected chi connectivity index (χ4v) is 1.02. The largest absolute Gasteiger partial charge is 0.329 e. The van der Waals surface area contributed by atoms with E-state index >= 15 is 0 Å². The number of carbonyl (C=O) groups is 1. The van der Waals surface area contributed by atoms with Gasteiger partial charge in [0, 0.05) is 25.2 Å². The normalized spacial score (nSPS) is 11.7. The zero-order valence-corrected chi connectivity index (χ0v) is 8.24. The minimum atomic E-state index is -0.497. The molecule has 0 aliphatic carbocycles. The molecule has 13 heavy (non-hydrogen) atoms. The summed E-state index contributed by atoms with van der Waals surface area (Å²) < 4.78 is 1.61. The van der Waals surface area contributed by atoms with Gasteiger partial charge < -0.3 is 5.73 Å². The van der Waals surface area contributed by atoms with Crippen LogP contribution in [-0.4, -0.2) is 22.1 Å². The molecule has 1 aromatic rings. The molecular weight excluding hydrogens is 166 g/mol. The van der Waals surface area contributed by atoms with Gasteiger partial charge in [-0.2, -0.15) is 5.10 Å². The summed E-state index contributed by atoms with van der Waals surface area (Å²) in [5, 5.41) is 3.94. The Morgan fingerprint density at radius 1 is 1.69 bits per heavy atom. The maximum Gasteiger partial charge on any atom is 0.172 e. The predicted octanol–water partition coefficient (Wildman–Crippen LogP) is 0.588. The smallest absolute Gasteiger partial charge is 0.172 e. The summed E-state index contributed by atoms with van der Waals surface area (Å²) in [7, 11) is 1.78. The van der Waals surface area contributed by atoms with Gasteiger partial charge in [-0.1, -0.05) is 13.8 Å². The summed E-state index contributed by atoms with van der Waals surface area (Å²) in [4.78, 5) is 11.8. The van der Waals surface area contributed by atoms with E-state index in [1.165, 1.54) is 0 Å². The van der Waals surface area contributed by atoms with Crippen LogP contribution in [0.5, 0.6) is 0 Å². The molecule has 0 radical (unpaired) electrons. The standard InChI is InChI=1S/C9H15N3O/c1-9(2,6-10)8(13)7-4-11-12(3)5-7/h4-5H,6,10H2,1-3H3. The van der Waals surface area contributed by atoms with Crippen molar-refractivity contribution < 1.29 is 4.79 Å². The Morgan fingerprint density at radius 2 is 2.31 bits per heavy atom. The molecule has 0 aliphatic heterocycles. The van der Waals surface area contributed by atoms with Crippen LogP contribution in [0.15, 0.2) is 12.4 Å². The highest BCUT2D eigenvalue weighted by Gasteiger charge is 2.27. The van der Waals surface area contributed by atoms with E-state index in [1.54, 1.807) is 24.1 Å². The van der Waals surface area contributed by atoms with E-state index < -0.39 is 5.41 Å². The topological polar surface area (TPSA) is 60.9 Å². The molecule has 0 fully saturated rings. The Morgan fingerprint density at radius 3 is 2.69 bits per heavy atom. The minimum Gasteiger partial charge on any atom is -0.329 e. The first-order valence-electron chi connectivity index (χ1n) is 4.21. The molecule has 2 N–H and O–H groups in total. The van der Waals surface area contributed by atoms with E-state index in [1.807, 2.05) is 13.8 Å². The van der Waals surface area contributed by atoms with E-state index in [0.717, 1.165) is 0 Å². The Bertz CT molecular complexity index is 314. The van der Waals surface area contributed by atoms with E-state index in [9.17, 15) is 4.79 Å². The van der Waals surface area contributed by atoms with Gasteiger partial charge in [-0.3, -0.25) is 9.48 Å². The van der Waals surface area contributed by atoms with Crippen LogP contribution >= 0.6 is 0 Å². The summed E-state index contributed by atoms with van der Waals surface area (Å²) >= 11 is 0. The van der Waals surface area contributed by atoms with Crippen LogP contribution in [0.4, 0.5) is 0 Å². The lowest BCUT2D eigenvalue weighted by Crippen LogP contribution is -2.32. The molecule has 0 aliphatic rings. The zero-order chi connectivity index (χ0) is 10.1. The number of hydrogen-bond acceptors (Lipinski definition) is 3. The van der Waals surface area contributed by atoms with Gasteiger partial charge in [0.25, 0.3) is 0 Å². The maximum atomic E-state index is 11.8. The molecule has 0 unspecified atom stereocenters. The third kappa shape index (κ3) is 1.95. The lowest BCUT2D eigenvalue weighted by atomic mass is 9.85. The number of aryl methyl sites for hydroxylation is 1. The van der Waals surface area contributed by atoms with Gasteiger partial charge in [0.1, 0.15) is 0 Å². The van der Waals surface area contributed by atoms with Gasteiger partial charge in [0.05, 0.1) is 11.8 Å². The lowest BCUT2D eigenvalue weighted by molar-refractivity contribution is 0.0847. The number of ketones is 1. The van der Waals surface area contributed by atoms with Crippen molar-refractivity contribution in [1.82, 2.24) is 9.78 Å². The Labute approximate surface area is 77.7 Å². The molecule has 72 valence electrons. The van der Waals surface area contributed by atoms with Crippen molar-refractivity contribution in [3.63, 3.8) is 0 Å².